The molecule has 1 atom stereocenters. The van der Waals surface area contributed by atoms with Gasteiger partial charge in [-0.1, -0.05) is 57.0 Å². The van der Waals surface area contributed by atoms with Gasteiger partial charge < -0.3 is 4.79 Å². The monoisotopic (exact) mass is 232 g/mol. The molecule has 0 saturated carbocycles. The third-order valence-corrected chi connectivity index (χ3v) is 3.81. The van der Waals surface area contributed by atoms with Gasteiger partial charge in [0.15, 0.2) is 0 Å². The molecule has 0 spiro atoms. The van der Waals surface area contributed by atoms with Crippen LogP contribution >= 0.6 is 0 Å². The lowest BCUT2D eigenvalue weighted by Crippen LogP contribution is -2.25. The molecule has 0 unspecified atom stereocenters. The fraction of sp³-hybridized carbons (Fsp3) is 0.562. The summed E-state index contributed by atoms with van der Waals surface area (Å²) in [6, 6.07) is 10.7. The second kappa shape index (κ2) is 7.26. The summed E-state index contributed by atoms with van der Waals surface area (Å²) < 4.78 is 0. The maximum atomic E-state index is 10.7. The normalized spacial score (nSPS) is 14.2. The first-order valence-corrected chi connectivity index (χ1v) is 6.78. The molecule has 0 aromatic heterocycles. The largest absolute Gasteiger partial charge is 0.303 e. The van der Waals surface area contributed by atoms with Crippen LogP contribution < -0.4 is 0 Å². The Balaban J connectivity index is 2.93. The number of hydrogen-bond acceptors (Lipinski definition) is 1. The maximum Gasteiger partial charge on any atom is 0.120 e. The Labute approximate surface area is 105 Å². The van der Waals surface area contributed by atoms with Gasteiger partial charge >= 0.3 is 0 Å². The van der Waals surface area contributed by atoms with Crippen LogP contribution in [0.3, 0.4) is 0 Å². The Kier molecular flexibility index (Phi) is 5.96. The van der Waals surface area contributed by atoms with Crippen molar-refractivity contribution in [3.8, 4) is 0 Å². The minimum absolute atomic E-state index is 0.207. The molecule has 0 aliphatic rings. The summed E-state index contributed by atoms with van der Waals surface area (Å²) in [5.74, 6) is 0. The van der Waals surface area contributed by atoms with Crippen molar-refractivity contribution in [3.63, 3.8) is 0 Å². The van der Waals surface area contributed by atoms with Crippen LogP contribution in [0.25, 0.3) is 0 Å². The summed E-state index contributed by atoms with van der Waals surface area (Å²) in [6.45, 7) is 4.47. The number of benzene rings is 1. The van der Waals surface area contributed by atoms with Crippen LogP contribution in [0.15, 0.2) is 30.3 Å². The molecule has 94 valence electrons. The van der Waals surface area contributed by atoms with Crippen molar-refractivity contribution in [1.29, 1.82) is 0 Å². The summed E-state index contributed by atoms with van der Waals surface area (Å²) in [4.78, 5) is 10.7. The first-order chi connectivity index (χ1) is 8.29. The lowest BCUT2D eigenvalue weighted by atomic mass is 9.71. The van der Waals surface area contributed by atoms with E-state index in [9.17, 15) is 4.79 Å². The number of carbonyl (C=O) groups excluding carboxylic acids is 1. The van der Waals surface area contributed by atoms with Crippen LogP contribution in [0.4, 0.5) is 0 Å². The standard InChI is InChI=1S/C16H24O/c1-3-5-12-16(4-2,13-9-14-17)15-10-7-6-8-11-15/h6-8,10-11,14H,3-5,9,12-13H2,1-2H3/t16-/m0/s1. The van der Waals surface area contributed by atoms with Gasteiger partial charge in [-0.25, -0.2) is 0 Å². The Morgan fingerprint density at radius 2 is 1.82 bits per heavy atom. The second-order valence-corrected chi connectivity index (χ2v) is 4.81. The van der Waals surface area contributed by atoms with Gasteiger partial charge in [0.05, 0.1) is 0 Å². The summed E-state index contributed by atoms with van der Waals surface area (Å²) in [5.41, 5.74) is 1.61. The highest BCUT2D eigenvalue weighted by atomic mass is 16.1. The summed E-state index contributed by atoms with van der Waals surface area (Å²) in [6.07, 6.45) is 7.47. The molecule has 0 amide bonds. The summed E-state index contributed by atoms with van der Waals surface area (Å²) >= 11 is 0. The highest BCUT2D eigenvalue weighted by Gasteiger charge is 2.28. The number of rotatable bonds is 8. The first-order valence-electron chi connectivity index (χ1n) is 6.78. The van der Waals surface area contributed by atoms with Gasteiger partial charge in [-0.05, 0) is 30.2 Å². The fourth-order valence-corrected chi connectivity index (χ4v) is 2.61. The lowest BCUT2D eigenvalue weighted by Gasteiger charge is -2.33. The van der Waals surface area contributed by atoms with Crippen molar-refractivity contribution >= 4 is 6.29 Å². The van der Waals surface area contributed by atoms with Crippen molar-refractivity contribution in [1.82, 2.24) is 0 Å². The zero-order chi connectivity index (χ0) is 12.6. The highest BCUT2D eigenvalue weighted by molar-refractivity contribution is 5.49. The predicted molar refractivity (Wildman–Crippen MR) is 73.2 cm³/mol. The average molecular weight is 232 g/mol. The topological polar surface area (TPSA) is 17.1 Å². The molecule has 0 fully saturated rings. The SMILES string of the molecule is CCCC[C@@](CC)(CCC=O)c1ccccc1. The van der Waals surface area contributed by atoms with E-state index in [4.69, 9.17) is 0 Å². The van der Waals surface area contributed by atoms with Crippen LogP contribution in [-0.2, 0) is 10.2 Å². The van der Waals surface area contributed by atoms with E-state index < -0.39 is 0 Å². The first kappa shape index (κ1) is 14.0. The molecule has 0 bridgehead atoms. The molecule has 0 radical (unpaired) electrons. The van der Waals surface area contributed by atoms with Gasteiger partial charge in [0.25, 0.3) is 0 Å². The van der Waals surface area contributed by atoms with Crippen LogP contribution in [0.2, 0.25) is 0 Å². The van der Waals surface area contributed by atoms with Gasteiger partial charge in [-0.15, -0.1) is 0 Å². The van der Waals surface area contributed by atoms with E-state index in [0.29, 0.717) is 6.42 Å². The second-order valence-electron chi connectivity index (χ2n) is 4.81. The van der Waals surface area contributed by atoms with E-state index in [0.717, 1.165) is 19.1 Å². The van der Waals surface area contributed by atoms with E-state index in [1.807, 2.05) is 0 Å². The molecular weight excluding hydrogens is 208 g/mol. The Bertz CT molecular complexity index is 318. The Morgan fingerprint density at radius 3 is 2.35 bits per heavy atom. The van der Waals surface area contributed by atoms with Gasteiger partial charge in [-0.3, -0.25) is 0 Å². The van der Waals surface area contributed by atoms with Gasteiger partial charge in [0, 0.05) is 6.42 Å². The van der Waals surface area contributed by atoms with Crippen LogP contribution in [-0.4, -0.2) is 6.29 Å². The highest BCUT2D eigenvalue weighted by Crippen LogP contribution is 2.37. The van der Waals surface area contributed by atoms with Crippen molar-refractivity contribution < 1.29 is 4.79 Å². The molecule has 1 aromatic carbocycles. The van der Waals surface area contributed by atoms with Crippen molar-refractivity contribution in [2.75, 3.05) is 0 Å². The number of hydrogen-bond donors (Lipinski definition) is 0. The average Bonchev–Trinajstić information content (AvgIpc) is 2.41. The van der Waals surface area contributed by atoms with E-state index in [1.165, 1.54) is 24.8 Å². The van der Waals surface area contributed by atoms with Crippen molar-refractivity contribution in [2.45, 2.75) is 57.8 Å². The zero-order valence-corrected chi connectivity index (χ0v) is 11.1. The quantitative estimate of drug-likeness (QED) is 0.603. The number of carbonyl (C=O) groups is 1. The van der Waals surface area contributed by atoms with Gasteiger partial charge in [0.1, 0.15) is 6.29 Å². The molecule has 0 N–H and O–H groups in total. The third kappa shape index (κ3) is 3.69. The molecule has 0 aliphatic carbocycles. The Hall–Kier alpha value is -1.11. The molecular formula is C16H24O. The third-order valence-electron chi connectivity index (χ3n) is 3.81. The Morgan fingerprint density at radius 1 is 1.12 bits per heavy atom. The molecule has 0 aliphatic heterocycles. The molecule has 0 heterocycles. The smallest absolute Gasteiger partial charge is 0.120 e. The van der Waals surface area contributed by atoms with Gasteiger partial charge in [0.2, 0.25) is 0 Å². The molecule has 1 aromatic rings. The van der Waals surface area contributed by atoms with Crippen molar-refractivity contribution in [2.24, 2.45) is 0 Å². The molecule has 1 nitrogen and oxygen atoms in total. The van der Waals surface area contributed by atoms with Crippen LogP contribution in [0.5, 0.6) is 0 Å². The molecule has 1 heteroatoms. The minimum atomic E-state index is 0.207. The van der Waals surface area contributed by atoms with Crippen LogP contribution in [0, 0.1) is 0 Å². The number of unbranched alkanes of at least 4 members (excludes halogenated alkanes) is 1. The lowest BCUT2D eigenvalue weighted by molar-refractivity contribution is -0.108. The van der Waals surface area contributed by atoms with Crippen LogP contribution in [0.1, 0.15) is 57.9 Å². The fourth-order valence-electron chi connectivity index (χ4n) is 2.61. The number of aldehydes is 1. The molecule has 1 rings (SSSR count). The summed E-state index contributed by atoms with van der Waals surface area (Å²) in [5, 5.41) is 0. The minimum Gasteiger partial charge on any atom is -0.303 e. The maximum absolute atomic E-state index is 10.7. The van der Waals surface area contributed by atoms with Crippen molar-refractivity contribution in [3.05, 3.63) is 35.9 Å². The predicted octanol–water partition coefficient (Wildman–Crippen LogP) is 4.50. The van der Waals surface area contributed by atoms with E-state index in [1.54, 1.807) is 0 Å². The van der Waals surface area contributed by atoms with Gasteiger partial charge in [-0.2, -0.15) is 0 Å². The molecule has 17 heavy (non-hydrogen) atoms. The van der Waals surface area contributed by atoms with E-state index in [2.05, 4.69) is 44.2 Å². The molecule has 0 saturated heterocycles. The van der Waals surface area contributed by atoms with E-state index >= 15 is 0 Å². The zero-order valence-electron chi connectivity index (χ0n) is 11.1. The van der Waals surface area contributed by atoms with E-state index in [-0.39, 0.29) is 5.41 Å². The summed E-state index contributed by atoms with van der Waals surface area (Å²) in [7, 11) is 0.